The van der Waals surface area contributed by atoms with Crippen LogP contribution in [0.5, 0.6) is 5.75 Å². The van der Waals surface area contributed by atoms with Gasteiger partial charge in [-0.1, -0.05) is 11.6 Å². The summed E-state index contributed by atoms with van der Waals surface area (Å²) in [6.45, 7) is 2.69. The highest BCUT2D eigenvalue weighted by atomic mass is 35.5. The van der Waals surface area contributed by atoms with E-state index in [1.165, 1.54) is 18.4 Å². The van der Waals surface area contributed by atoms with Crippen LogP contribution in [0.25, 0.3) is 0 Å². The molecule has 1 atom stereocenters. The molecule has 0 spiro atoms. The van der Waals surface area contributed by atoms with Crippen LogP contribution in [0.2, 0.25) is 5.02 Å². The number of aryl methyl sites for hydroxylation is 1. The van der Waals surface area contributed by atoms with E-state index in [4.69, 9.17) is 22.1 Å². The Hall–Kier alpha value is -0.730. The molecule has 0 saturated heterocycles. The molecular weight excluding hydrogens is 222 g/mol. The normalized spacial score (nSPS) is 17.2. The van der Waals surface area contributed by atoms with Gasteiger partial charge in [0.05, 0.1) is 7.11 Å². The molecule has 1 saturated carbocycles. The van der Waals surface area contributed by atoms with Crippen LogP contribution >= 0.6 is 11.6 Å². The lowest BCUT2D eigenvalue weighted by Crippen LogP contribution is -2.15. The quantitative estimate of drug-likeness (QED) is 0.876. The largest absolute Gasteiger partial charge is 0.496 e. The fraction of sp³-hybridized carbons (Fsp3) is 0.538. The second-order valence-corrected chi connectivity index (χ2v) is 4.96. The van der Waals surface area contributed by atoms with Gasteiger partial charge in [-0.15, -0.1) is 0 Å². The average Bonchev–Trinajstić information content (AvgIpc) is 3.02. The molecule has 2 rings (SSSR count). The summed E-state index contributed by atoms with van der Waals surface area (Å²) in [7, 11) is 1.71. The van der Waals surface area contributed by atoms with Crippen molar-refractivity contribution in [3.63, 3.8) is 0 Å². The van der Waals surface area contributed by atoms with Crippen LogP contribution in [-0.4, -0.2) is 13.7 Å². The van der Waals surface area contributed by atoms with Gasteiger partial charge in [0.2, 0.25) is 0 Å². The molecule has 0 aliphatic heterocycles. The fourth-order valence-corrected chi connectivity index (χ4v) is 2.66. The predicted octanol–water partition coefficient (Wildman–Crippen LogP) is 3.11. The summed E-state index contributed by atoms with van der Waals surface area (Å²) >= 11 is 6.11. The molecule has 1 aromatic carbocycles. The number of hydrogen-bond donors (Lipinski definition) is 1. The zero-order chi connectivity index (χ0) is 11.7. The molecule has 88 valence electrons. The molecule has 1 unspecified atom stereocenters. The van der Waals surface area contributed by atoms with E-state index in [2.05, 4.69) is 0 Å². The van der Waals surface area contributed by atoms with E-state index >= 15 is 0 Å². The monoisotopic (exact) mass is 239 g/mol. The third kappa shape index (κ3) is 2.18. The van der Waals surface area contributed by atoms with E-state index in [0.29, 0.717) is 12.5 Å². The van der Waals surface area contributed by atoms with Gasteiger partial charge in [-0.25, -0.2) is 0 Å². The number of benzene rings is 1. The topological polar surface area (TPSA) is 35.2 Å². The van der Waals surface area contributed by atoms with Gasteiger partial charge in [0.15, 0.2) is 0 Å². The molecule has 1 fully saturated rings. The van der Waals surface area contributed by atoms with E-state index in [1.807, 2.05) is 19.1 Å². The van der Waals surface area contributed by atoms with E-state index in [1.54, 1.807) is 7.11 Å². The molecule has 2 N–H and O–H groups in total. The lowest BCUT2D eigenvalue weighted by molar-refractivity contribution is 0.399. The Morgan fingerprint density at radius 1 is 1.50 bits per heavy atom. The highest BCUT2D eigenvalue weighted by molar-refractivity contribution is 6.30. The molecule has 1 aliphatic rings. The maximum absolute atomic E-state index is 6.11. The predicted molar refractivity (Wildman–Crippen MR) is 67.3 cm³/mol. The van der Waals surface area contributed by atoms with E-state index in [9.17, 15) is 0 Å². The van der Waals surface area contributed by atoms with Crippen molar-refractivity contribution in [2.75, 3.05) is 13.7 Å². The molecular formula is C13H18ClNO. The fourth-order valence-electron chi connectivity index (χ4n) is 2.38. The summed E-state index contributed by atoms with van der Waals surface area (Å²) in [4.78, 5) is 0. The third-order valence-electron chi connectivity index (χ3n) is 3.32. The van der Waals surface area contributed by atoms with Gasteiger partial charge in [0, 0.05) is 16.5 Å². The molecule has 1 aliphatic carbocycles. The van der Waals surface area contributed by atoms with Gasteiger partial charge in [-0.3, -0.25) is 0 Å². The molecule has 0 aromatic heterocycles. The molecule has 0 radical (unpaired) electrons. The minimum atomic E-state index is 0.396. The Balaban J connectivity index is 2.43. The van der Waals surface area contributed by atoms with Gasteiger partial charge in [-0.2, -0.15) is 0 Å². The van der Waals surface area contributed by atoms with Crippen molar-refractivity contribution in [2.45, 2.75) is 25.7 Å². The number of hydrogen-bond acceptors (Lipinski definition) is 2. The molecule has 0 amide bonds. The Labute approximate surface area is 102 Å². The first-order valence-electron chi connectivity index (χ1n) is 5.71. The van der Waals surface area contributed by atoms with Crippen molar-refractivity contribution in [3.8, 4) is 5.75 Å². The lowest BCUT2D eigenvalue weighted by Gasteiger charge is -2.19. The van der Waals surface area contributed by atoms with Gasteiger partial charge in [-0.05, 0) is 49.9 Å². The number of methoxy groups -OCH3 is 1. The Kier molecular flexibility index (Phi) is 3.41. The van der Waals surface area contributed by atoms with Gasteiger partial charge in [0.25, 0.3) is 0 Å². The van der Waals surface area contributed by atoms with Gasteiger partial charge < -0.3 is 10.5 Å². The van der Waals surface area contributed by atoms with Crippen LogP contribution in [0.4, 0.5) is 0 Å². The van der Waals surface area contributed by atoms with Crippen LogP contribution in [0, 0.1) is 12.8 Å². The van der Waals surface area contributed by atoms with Crippen molar-refractivity contribution in [2.24, 2.45) is 11.7 Å². The van der Waals surface area contributed by atoms with E-state index < -0.39 is 0 Å². The first-order valence-corrected chi connectivity index (χ1v) is 6.09. The molecule has 0 heterocycles. The number of nitrogens with two attached hydrogens (primary N) is 1. The second-order valence-electron chi connectivity index (χ2n) is 4.52. The summed E-state index contributed by atoms with van der Waals surface area (Å²) in [5, 5.41) is 0.771. The summed E-state index contributed by atoms with van der Waals surface area (Å²) in [6, 6.07) is 3.94. The number of ether oxygens (including phenoxy) is 1. The summed E-state index contributed by atoms with van der Waals surface area (Å²) in [6.07, 6.45) is 2.55. The van der Waals surface area contributed by atoms with E-state index in [0.717, 1.165) is 22.3 Å². The Morgan fingerprint density at radius 2 is 2.19 bits per heavy atom. The molecule has 3 heteroatoms. The van der Waals surface area contributed by atoms with Crippen molar-refractivity contribution < 1.29 is 4.74 Å². The van der Waals surface area contributed by atoms with Gasteiger partial charge >= 0.3 is 0 Å². The third-order valence-corrected chi connectivity index (χ3v) is 3.53. The van der Waals surface area contributed by atoms with Crippen molar-refractivity contribution in [3.05, 3.63) is 28.3 Å². The van der Waals surface area contributed by atoms with Crippen molar-refractivity contribution in [1.29, 1.82) is 0 Å². The first kappa shape index (κ1) is 11.7. The Bertz CT molecular complexity index is 388. The minimum Gasteiger partial charge on any atom is -0.496 e. The van der Waals surface area contributed by atoms with Crippen LogP contribution in [0.15, 0.2) is 12.1 Å². The highest BCUT2D eigenvalue weighted by Crippen LogP contribution is 2.45. The zero-order valence-electron chi connectivity index (χ0n) is 9.79. The SMILES string of the molecule is COc1c(C)cc(Cl)cc1C(CN)C1CC1. The summed E-state index contributed by atoms with van der Waals surface area (Å²) < 4.78 is 5.48. The van der Waals surface area contributed by atoms with Crippen LogP contribution < -0.4 is 10.5 Å². The van der Waals surface area contributed by atoms with Gasteiger partial charge in [0.1, 0.15) is 5.75 Å². The first-order chi connectivity index (χ1) is 7.67. The molecule has 1 aromatic rings. The maximum atomic E-state index is 6.11. The van der Waals surface area contributed by atoms with Crippen LogP contribution in [-0.2, 0) is 0 Å². The zero-order valence-corrected chi connectivity index (χ0v) is 10.6. The average molecular weight is 240 g/mol. The van der Waals surface area contributed by atoms with Crippen LogP contribution in [0.3, 0.4) is 0 Å². The standard InChI is InChI=1S/C13H18ClNO/c1-8-5-10(14)6-11(13(8)16-2)12(7-15)9-3-4-9/h5-6,9,12H,3-4,7,15H2,1-2H3. The van der Waals surface area contributed by atoms with E-state index in [-0.39, 0.29) is 0 Å². The smallest absolute Gasteiger partial charge is 0.125 e. The highest BCUT2D eigenvalue weighted by Gasteiger charge is 2.33. The lowest BCUT2D eigenvalue weighted by atomic mass is 9.92. The summed E-state index contributed by atoms with van der Waals surface area (Å²) in [5.74, 6) is 2.07. The van der Waals surface area contributed by atoms with Crippen molar-refractivity contribution in [1.82, 2.24) is 0 Å². The molecule has 2 nitrogen and oxygen atoms in total. The maximum Gasteiger partial charge on any atom is 0.125 e. The second kappa shape index (κ2) is 4.64. The summed E-state index contributed by atoms with van der Waals surface area (Å²) in [5.41, 5.74) is 8.14. The Morgan fingerprint density at radius 3 is 2.69 bits per heavy atom. The minimum absolute atomic E-state index is 0.396. The van der Waals surface area contributed by atoms with Crippen LogP contribution in [0.1, 0.15) is 29.9 Å². The van der Waals surface area contributed by atoms with Crippen molar-refractivity contribution >= 4 is 11.6 Å². The number of halogens is 1. The number of rotatable bonds is 4. The molecule has 0 bridgehead atoms. The molecule has 16 heavy (non-hydrogen) atoms.